The third kappa shape index (κ3) is 4.99. The summed E-state index contributed by atoms with van der Waals surface area (Å²) in [5.74, 6) is 0.0605. The Bertz CT molecular complexity index is 937. The van der Waals surface area contributed by atoms with E-state index in [-0.39, 0.29) is 5.91 Å². The number of ether oxygens (including phenoxy) is 1. The van der Waals surface area contributed by atoms with Crippen LogP contribution < -0.4 is 4.90 Å². The molecule has 150 valence electrons. The van der Waals surface area contributed by atoms with Crippen LogP contribution in [0.2, 0.25) is 0 Å². The van der Waals surface area contributed by atoms with Crippen molar-refractivity contribution in [3.63, 3.8) is 0 Å². The van der Waals surface area contributed by atoms with E-state index in [2.05, 4.69) is 39.1 Å². The largest absolute Gasteiger partial charge is 0.378 e. The van der Waals surface area contributed by atoms with Crippen molar-refractivity contribution in [2.75, 3.05) is 38.3 Å². The average molecular weight is 409 g/mol. The van der Waals surface area contributed by atoms with Gasteiger partial charge in [-0.3, -0.25) is 9.78 Å². The van der Waals surface area contributed by atoms with Crippen molar-refractivity contribution in [1.29, 1.82) is 0 Å². The zero-order chi connectivity index (χ0) is 20.1. The van der Waals surface area contributed by atoms with Crippen LogP contribution in [0.4, 0.5) is 5.69 Å². The van der Waals surface area contributed by atoms with E-state index in [1.807, 2.05) is 24.6 Å². The number of carbonyl (C=O) groups excluding carboxylic acids is 1. The van der Waals surface area contributed by atoms with Crippen LogP contribution in [0.3, 0.4) is 0 Å². The average Bonchev–Trinajstić information content (AvgIpc) is 3.24. The molecular formula is C22H24N4O2S. The zero-order valence-electron chi connectivity index (χ0n) is 16.5. The maximum Gasteiger partial charge on any atom is 0.228 e. The van der Waals surface area contributed by atoms with Crippen molar-refractivity contribution in [2.45, 2.75) is 13.0 Å². The first-order valence-corrected chi connectivity index (χ1v) is 10.6. The maximum absolute atomic E-state index is 12.6. The number of nitrogens with zero attached hydrogens (tertiary/aromatic N) is 4. The lowest BCUT2D eigenvalue weighted by Gasteiger charge is -2.29. The molecule has 1 saturated heterocycles. The number of pyridine rings is 1. The van der Waals surface area contributed by atoms with Gasteiger partial charge in [0.25, 0.3) is 0 Å². The van der Waals surface area contributed by atoms with Crippen LogP contribution in [0.5, 0.6) is 0 Å². The minimum atomic E-state index is 0.0605. The van der Waals surface area contributed by atoms with E-state index in [1.165, 1.54) is 5.69 Å². The molecule has 0 bridgehead atoms. The van der Waals surface area contributed by atoms with Crippen LogP contribution >= 0.6 is 11.3 Å². The summed E-state index contributed by atoms with van der Waals surface area (Å²) in [4.78, 5) is 25.4. The fraction of sp³-hybridized carbons (Fsp3) is 0.318. The van der Waals surface area contributed by atoms with Gasteiger partial charge in [-0.05, 0) is 29.8 Å². The first kappa shape index (κ1) is 19.5. The first-order valence-electron chi connectivity index (χ1n) is 9.69. The highest BCUT2D eigenvalue weighted by Gasteiger charge is 2.14. The van der Waals surface area contributed by atoms with Gasteiger partial charge >= 0.3 is 0 Å². The molecule has 0 radical (unpaired) electrons. The number of hydrogen-bond donors (Lipinski definition) is 0. The second kappa shape index (κ2) is 9.15. The molecule has 7 heteroatoms. The van der Waals surface area contributed by atoms with E-state index in [9.17, 15) is 4.79 Å². The Morgan fingerprint density at radius 1 is 1.21 bits per heavy atom. The van der Waals surface area contributed by atoms with E-state index >= 15 is 0 Å². The van der Waals surface area contributed by atoms with Gasteiger partial charge in [-0.2, -0.15) is 0 Å². The summed E-state index contributed by atoms with van der Waals surface area (Å²) >= 11 is 1.54. The van der Waals surface area contributed by atoms with Crippen LogP contribution in [0, 0.1) is 0 Å². The SMILES string of the molecule is CN(Cc1ccc(N2CCOCC2)cc1)C(=O)Cc1csc(-c2cccnc2)n1. The Labute approximate surface area is 174 Å². The van der Waals surface area contributed by atoms with Crippen LogP contribution in [0.25, 0.3) is 10.6 Å². The Balaban J connectivity index is 1.33. The molecule has 0 saturated carbocycles. The van der Waals surface area contributed by atoms with Crippen molar-refractivity contribution in [1.82, 2.24) is 14.9 Å². The van der Waals surface area contributed by atoms with Gasteiger partial charge in [-0.25, -0.2) is 4.98 Å². The highest BCUT2D eigenvalue weighted by Crippen LogP contribution is 2.23. The fourth-order valence-corrected chi connectivity index (χ4v) is 4.11. The van der Waals surface area contributed by atoms with Crippen molar-refractivity contribution in [3.05, 3.63) is 65.4 Å². The molecule has 3 heterocycles. The normalized spacial score (nSPS) is 14.0. The molecule has 1 aliphatic rings. The van der Waals surface area contributed by atoms with Crippen LogP contribution in [-0.2, 0) is 22.5 Å². The van der Waals surface area contributed by atoms with Crippen LogP contribution in [-0.4, -0.2) is 54.1 Å². The molecule has 0 aliphatic carbocycles. The Morgan fingerprint density at radius 2 is 2.00 bits per heavy atom. The number of morpholine rings is 1. The molecular weight excluding hydrogens is 384 g/mol. The second-order valence-corrected chi connectivity index (χ2v) is 7.94. The van der Waals surface area contributed by atoms with Crippen molar-refractivity contribution in [3.8, 4) is 10.6 Å². The molecule has 29 heavy (non-hydrogen) atoms. The molecule has 0 unspecified atom stereocenters. The lowest BCUT2D eigenvalue weighted by Crippen LogP contribution is -2.36. The number of anilines is 1. The van der Waals surface area contributed by atoms with Gasteiger partial charge in [-0.1, -0.05) is 12.1 Å². The smallest absolute Gasteiger partial charge is 0.228 e. The van der Waals surface area contributed by atoms with E-state index < -0.39 is 0 Å². The molecule has 1 aromatic carbocycles. The van der Waals surface area contributed by atoms with Gasteiger partial charge in [0.2, 0.25) is 5.91 Å². The number of benzene rings is 1. The third-order valence-electron chi connectivity index (χ3n) is 4.95. The fourth-order valence-electron chi connectivity index (χ4n) is 3.30. The van der Waals surface area contributed by atoms with Crippen LogP contribution in [0.1, 0.15) is 11.3 Å². The molecule has 6 nitrogen and oxygen atoms in total. The number of rotatable bonds is 6. The topological polar surface area (TPSA) is 58.6 Å². The highest BCUT2D eigenvalue weighted by molar-refractivity contribution is 7.13. The molecule has 1 aliphatic heterocycles. The number of hydrogen-bond acceptors (Lipinski definition) is 6. The molecule has 0 N–H and O–H groups in total. The summed E-state index contributed by atoms with van der Waals surface area (Å²) in [7, 11) is 1.84. The lowest BCUT2D eigenvalue weighted by molar-refractivity contribution is -0.129. The summed E-state index contributed by atoms with van der Waals surface area (Å²) in [6.45, 7) is 3.98. The summed E-state index contributed by atoms with van der Waals surface area (Å²) in [5.41, 5.74) is 4.10. The number of carbonyl (C=O) groups is 1. The van der Waals surface area contributed by atoms with Crippen molar-refractivity contribution < 1.29 is 9.53 Å². The molecule has 2 aromatic heterocycles. The van der Waals surface area contributed by atoms with E-state index in [0.717, 1.165) is 48.1 Å². The predicted octanol–water partition coefficient (Wildman–Crippen LogP) is 3.24. The standard InChI is InChI=1S/C22H24N4O2S/c1-25(15-17-4-6-20(7-5-17)26-9-11-28-12-10-26)21(27)13-19-16-29-22(24-19)18-3-2-8-23-14-18/h2-8,14,16H,9-13,15H2,1H3. The van der Waals surface area contributed by atoms with Gasteiger partial charge < -0.3 is 14.5 Å². The van der Waals surface area contributed by atoms with Crippen molar-refractivity contribution >= 4 is 22.9 Å². The molecule has 3 aromatic rings. The second-order valence-electron chi connectivity index (χ2n) is 7.08. The minimum absolute atomic E-state index is 0.0605. The summed E-state index contributed by atoms with van der Waals surface area (Å²) in [5, 5.41) is 2.84. The predicted molar refractivity (Wildman–Crippen MR) is 115 cm³/mol. The van der Waals surface area contributed by atoms with Gasteiger partial charge in [0.05, 0.1) is 25.3 Å². The van der Waals surface area contributed by atoms with Gasteiger partial charge in [0.15, 0.2) is 0 Å². The molecule has 0 atom stereocenters. The van der Waals surface area contributed by atoms with Gasteiger partial charge in [0, 0.05) is 55.7 Å². The van der Waals surface area contributed by atoms with Gasteiger partial charge in [0.1, 0.15) is 5.01 Å². The van der Waals surface area contributed by atoms with Gasteiger partial charge in [-0.15, -0.1) is 11.3 Å². The number of likely N-dealkylation sites (N-methyl/N-ethyl adjacent to an activating group) is 1. The molecule has 4 rings (SSSR count). The van der Waals surface area contributed by atoms with E-state index in [0.29, 0.717) is 13.0 Å². The molecule has 1 fully saturated rings. The first-order chi connectivity index (χ1) is 14.2. The molecule has 1 amide bonds. The number of aromatic nitrogens is 2. The Hall–Kier alpha value is -2.77. The lowest BCUT2D eigenvalue weighted by atomic mass is 10.1. The monoisotopic (exact) mass is 408 g/mol. The van der Waals surface area contributed by atoms with Crippen molar-refractivity contribution in [2.24, 2.45) is 0 Å². The minimum Gasteiger partial charge on any atom is -0.378 e. The maximum atomic E-state index is 12.6. The quantitative estimate of drug-likeness (QED) is 0.627. The number of amides is 1. The number of thiazole rings is 1. The van der Waals surface area contributed by atoms with Crippen LogP contribution in [0.15, 0.2) is 54.2 Å². The summed E-state index contributed by atoms with van der Waals surface area (Å²) < 4.78 is 5.41. The zero-order valence-corrected chi connectivity index (χ0v) is 17.3. The Kier molecular flexibility index (Phi) is 6.17. The summed E-state index contributed by atoms with van der Waals surface area (Å²) in [6.07, 6.45) is 3.83. The van der Waals surface area contributed by atoms with E-state index in [4.69, 9.17) is 4.74 Å². The summed E-state index contributed by atoms with van der Waals surface area (Å²) in [6, 6.07) is 12.3. The third-order valence-corrected chi connectivity index (χ3v) is 5.89. The highest BCUT2D eigenvalue weighted by atomic mass is 32.1. The Morgan fingerprint density at radius 3 is 2.72 bits per heavy atom. The van der Waals surface area contributed by atoms with E-state index in [1.54, 1.807) is 28.6 Å². The molecule has 0 spiro atoms.